The summed E-state index contributed by atoms with van der Waals surface area (Å²) in [6.45, 7) is 4.25. The second-order valence-electron chi connectivity index (χ2n) is 3.86. The van der Waals surface area contributed by atoms with Crippen molar-refractivity contribution in [2.24, 2.45) is 0 Å². The first kappa shape index (κ1) is 13.2. The molecule has 0 atom stereocenters. The van der Waals surface area contributed by atoms with Crippen LogP contribution in [0.25, 0.3) is 0 Å². The van der Waals surface area contributed by atoms with Crippen molar-refractivity contribution in [1.29, 1.82) is 0 Å². The predicted molar refractivity (Wildman–Crippen MR) is 69.9 cm³/mol. The molecule has 2 rings (SSSR count). The van der Waals surface area contributed by atoms with Crippen LogP contribution in [-0.2, 0) is 0 Å². The Bertz CT molecular complexity index is 388. The van der Waals surface area contributed by atoms with Crippen LogP contribution in [0, 0.1) is 13.8 Å². The van der Waals surface area contributed by atoms with Crippen molar-refractivity contribution in [2.45, 2.75) is 13.8 Å². The summed E-state index contributed by atoms with van der Waals surface area (Å²) in [6.07, 6.45) is 0. The number of aryl methyl sites for hydroxylation is 2. The number of benzene rings is 2. The molecule has 0 aliphatic carbocycles. The molecule has 0 nitrogen and oxygen atoms in total. The van der Waals surface area contributed by atoms with Gasteiger partial charge in [-0.05, 0) is 24.5 Å². The zero-order chi connectivity index (χ0) is 10.7. The van der Waals surface area contributed by atoms with Crippen molar-refractivity contribution in [3.8, 4) is 0 Å². The van der Waals surface area contributed by atoms with E-state index in [0.717, 1.165) is 8.58 Å². The van der Waals surface area contributed by atoms with Crippen molar-refractivity contribution in [3.05, 3.63) is 59.7 Å². The maximum atomic E-state index is 2.22. The number of hydrogen-bond donors (Lipinski definition) is 0. The topological polar surface area (TPSA) is 0 Å². The first-order chi connectivity index (χ1) is 7.24. The Labute approximate surface area is 105 Å². The van der Waals surface area contributed by atoms with E-state index in [-0.39, 0.29) is 12.4 Å². The zero-order valence-electron chi connectivity index (χ0n) is 9.50. The molecule has 0 saturated carbocycles. The van der Waals surface area contributed by atoms with Gasteiger partial charge in [0.2, 0.25) is 0 Å². The molecule has 0 radical (unpaired) electrons. The van der Waals surface area contributed by atoms with Gasteiger partial charge in [0.05, 0.1) is 0 Å². The third-order valence-electron chi connectivity index (χ3n) is 2.39. The summed E-state index contributed by atoms with van der Waals surface area (Å²) in [5.41, 5.74) is 2.65. The molecule has 16 heavy (non-hydrogen) atoms. The molecule has 0 fully saturated rings. The zero-order valence-corrected chi connectivity index (χ0v) is 11.3. The van der Waals surface area contributed by atoms with E-state index in [4.69, 9.17) is 0 Å². The minimum Gasteiger partial charge on any atom is -1.00 e. The highest BCUT2D eigenvalue weighted by atomic mass is 35.5. The molecule has 0 spiro atoms. The average Bonchev–Trinajstić information content (AvgIpc) is 2.25. The van der Waals surface area contributed by atoms with Gasteiger partial charge < -0.3 is 12.4 Å². The lowest BCUT2D eigenvalue weighted by Gasteiger charge is -2.03. The van der Waals surface area contributed by atoms with Gasteiger partial charge in [-0.2, -0.15) is 0 Å². The number of halogens is 1. The Morgan fingerprint density at radius 2 is 0.938 bits per heavy atom. The normalized spacial score (nSPS) is 9.62. The van der Waals surface area contributed by atoms with Crippen LogP contribution < -0.4 is 23.0 Å². The molecule has 0 aromatic heterocycles. The van der Waals surface area contributed by atoms with Crippen molar-refractivity contribution in [3.63, 3.8) is 0 Å². The minimum atomic E-state index is 0. The summed E-state index contributed by atoms with van der Waals surface area (Å²) >= 11 is 0. The smallest absolute Gasteiger partial charge is 0.0226 e. The molecule has 2 aromatic rings. The van der Waals surface area contributed by atoms with Gasteiger partial charge >= 0.3 is 0 Å². The van der Waals surface area contributed by atoms with Gasteiger partial charge in [0.1, 0.15) is 0 Å². The Balaban J connectivity index is 0.00000128. The van der Waals surface area contributed by atoms with Crippen LogP contribution in [0.4, 0.5) is 0 Å². The lowest BCUT2D eigenvalue weighted by atomic mass is 10.2. The number of hydrogen-bond acceptors (Lipinski definition) is 0. The largest absolute Gasteiger partial charge is 1.00 e. The first-order valence-corrected chi connectivity index (χ1v) is 6.14. The van der Waals surface area contributed by atoms with Crippen LogP contribution in [0.3, 0.4) is 0 Å². The van der Waals surface area contributed by atoms with Crippen molar-refractivity contribution >= 4 is 19.2 Å². The summed E-state index contributed by atoms with van der Waals surface area (Å²) in [7, 11) is 0.769. The van der Waals surface area contributed by atoms with Gasteiger partial charge in [-0.15, -0.1) is 0 Å². The van der Waals surface area contributed by atoms with Crippen molar-refractivity contribution < 1.29 is 12.4 Å². The molecule has 84 valence electrons. The molecular weight excluding hydrogens is 235 g/mol. The molecular formula is C14H15ClP-. The van der Waals surface area contributed by atoms with E-state index in [1.807, 2.05) is 0 Å². The van der Waals surface area contributed by atoms with E-state index in [2.05, 4.69) is 62.4 Å². The maximum Gasteiger partial charge on any atom is -0.0226 e. The third kappa shape index (κ3) is 3.63. The fourth-order valence-corrected chi connectivity index (χ4v) is 2.44. The molecule has 0 amide bonds. The third-order valence-corrected chi connectivity index (χ3v) is 3.64. The Hall–Kier alpha value is -0.840. The van der Waals surface area contributed by atoms with Gasteiger partial charge in [-0.25, -0.2) is 0 Å². The molecule has 0 saturated heterocycles. The average molecular weight is 250 g/mol. The van der Waals surface area contributed by atoms with Gasteiger partial charge in [-0.3, -0.25) is 0 Å². The van der Waals surface area contributed by atoms with E-state index >= 15 is 0 Å². The summed E-state index contributed by atoms with van der Waals surface area (Å²) in [5.74, 6) is 0. The fraction of sp³-hybridized carbons (Fsp3) is 0.143. The van der Waals surface area contributed by atoms with E-state index in [9.17, 15) is 0 Å². The van der Waals surface area contributed by atoms with Crippen LogP contribution in [0.1, 0.15) is 11.1 Å². The molecule has 0 N–H and O–H groups in total. The highest BCUT2D eigenvalue weighted by molar-refractivity contribution is 7.55. The molecule has 0 aliphatic rings. The Kier molecular flexibility index (Phi) is 4.99. The van der Waals surface area contributed by atoms with E-state index in [1.165, 1.54) is 21.7 Å². The molecule has 2 heteroatoms. The van der Waals surface area contributed by atoms with Gasteiger partial charge in [-0.1, -0.05) is 68.2 Å². The fourth-order valence-electron chi connectivity index (χ4n) is 1.44. The lowest BCUT2D eigenvalue weighted by Crippen LogP contribution is -3.00. The monoisotopic (exact) mass is 249 g/mol. The van der Waals surface area contributed by atoms with Gasteiger partial charge in [0, 0.05) is 0 Å². The summed E-state index contributed by atoms with van der Waals surface area (Å²) in [5, 5.41) is 2.81. The predicted octanol–water partition coefficient (Wildman–Crippen LogP) is -0.0633. The highest BCUT2D eigenvalue weighted by Crippen LogP contribution is 2.11. The van der Waals surface area contributed by atoms with Crippen LogP contribution in [-0.4, -0.2) is 0 Å². The van der Waals surface area contributed by atoms with E-state index in [0.29, 0.717) is 0 Å². The standard InChI is InChI=1S/C14H15P.ClH/c1-11-3-7-13(8-4-11)15-14-9-5-12(2)6-10-14;/h3-10,15H,1-2H3;1H/p-1. The molecule has 0 unspecified atom stereocenters. The van der Waals surface area contributed by atoms with Crippen LogP contribution in [0.15, 0.2) is 48.5 Å². The van der Waals surface area contributed by atoms with Crippen molar-refractivity contribution in [1.82, 2.24) is 0 Å². The van der Waals surface area contributed by atoms with Crippen LogP contribution in [0.2, 0.25) is 0 Å². The number of rotatable bonds is 2. The lowest BCUT2D eigenvalue weighted by molar-refractivity contribution is -0.00000302. The van der Waals surface area contributed by atoms with Gasteiger partial charge in [0.15, 0.2) is 0 Å². The van der Waals surface area contributed by atoms with E-state index < -0.39 is 0 Å². The SMILES string of the molecule is Cc1ccc(Pc2ccc(C)cc2)cc1.[Cl-]. The molecule has 0 bridgehead atoms. The quantitative estimate of drug-likeness (QED) is 0.654. The van der Waals surface area contributed by atoms with Crippen LogP contribution in [0.5, 0.6) is 0 Å². The first-order valence-electron chi connectivity index (χ1n) is 5.14. The Morgan fingerprint density at radius 3 is 1.25 bits per heavy atom. The Morgan fingerprint density at radius 1 is 0.625 bits per heavy atom. The van der Waals surface area contributed by atoms with Crippen molar-refractivity contribution in [2.75, 3.05) is 0 Å². The second-order valence-corrected chi connectivity index (χ2v) is 5.26. The molecule has 0 aliphatic heterocycles. The second kappa shape index (κ2) is 6.03. The molecule has 2 aromatic carbocycles. The van der Waals surface area contributed by atoms with Gasteiger partial charge in [0.25, 0.3) is 0 Å². The minimum absolute atomic E-state index is 0. The highest BCUT2D eigenvalue weighted by Gasteiger charge is 1.95. The van der Waals surface area contributed by atoms with E-state index in [1.54, 1.807) is 0 Å². The molecule has 0 heterocycles. The summed E-state index contributed by atoms with van der Waals surface area (Å²) in [4.78, 5) is 0. The summed E-state index contributed by atoms with van der Waals surface area (Å²) in [6, 6.07) is 17.6. The maximum absolute atomic E-state index is 2.22. The summed E-state index contributed by atoms with van der Waals surface area (Å²) < 4.78 is 0. The van der Waals surface area contributed by atoms with Crippen LogP contribution >= 0.6 is 8.58 Å².